The molecule has 0 spiro atoms. The molecule has 0 bridgehead atoms. The minimum atomic E-state index is -3.59. The molecule has 0 aliphatic carbocycles. The first-order chi connectivity index (χ1) is 15.3. The maximum Gasteiger partial charge on any atom is 0.269 e. The molecule has 2 N–H and O–H groups in total. The van der Waals surface area contributed by atoms with Gasteiger partial charge in [-0.2, -0.15) is 4.31 Å². The number of nitrogens with one attached hydrogen (secondary N) is 2. The first-order valence-corrected chi connectivity index (χ1v) is 11.3. The van der Waals surface area contributed by atoms with Crippen LogP contribution in [0.5, 0.6) is 0 Å². The first kappa shape index (κ1) is 23.5. The van der Waals surface area contributed by atoms with E-state index in [4.69, 9.17) is 17.0 Å². The number of benzene rings is 2. The molecule has 0 unspecified atom stereocenters. The number of nitro groups is 1. The molecule has 0 saturated carbocycles. The molecule has 10 nitrogen and oxygen atoms in total. The number of ether oxygens (including phenoxy) is 1. The van der Waals surface area contributed by atoms with Gasteiger partial charge in [0, 0.05) is 37.0 Å². The van der Waals surface area contributed by atoms with E-state index in [-0.39, 0.29) is 15.7 Å². The van der Waals surface area contributed by atoms with Crippen LogP contribution in [0, 0.1) is 10.1 Å². The van der Waals surface area contributed by atoms with E-state index >= 15 is 0 Å². The van der Waals surface area contributed by atoms with Crippen molar-refractivity contribution in [2.75, 3.05) is 31.6 Å². The molecule has 1 amide bonds. The Bertz CT molecular complexity index is 1130. The Hall–Kier alpha value is -3.19. The number of nitro benzene ring substituents is 1. The quantitative estimate of drug-likeness (QED) is 0.281. The number of non-ortho nitro benzene ring substituents is 1. The Morgan fingerprint density at radius 1 is 1.09 bits per heavy atom. The van der Waals surface area contributed by atoms with Crippen LogP contribution in [-0.4, -0.2) is 55.0 Å². The molecule has 2 aromatic carbocycles. The van der Waals surface area contributed by atoms with Gasteiger partial charge < -0.3 is 10.1 Å². The van der Waals surface area contributed by atoms with Crippen LogP contribution in [0.1, 0.15) is 5.56 Å². The zero-order chi connectivity index (χ0) is 23.1. The standard InChI is InChI=1S/C20H20N4O6S2/c25-19(10-3-15-1-6-17(7-2-15)24(26)27)22-20(31)21-16-4-8-18(9-5-16)32(28,29)23-11-13-30-14-12-23/h1-10H,11-14H2,(H2,21,22,25,31)/b10-3+. The summed E-state index contributed by atoms with van der Waals surface area (Å²) in [4.78, 5) is 22.3. The third-order valence-electron chi connectivity index (χ3n) is 4.49. The molecular weight excluding hydrogens is 456 g/mol. The highest BCUT2D eigenvalue weighted by Crippen LogP contribution is 2.19. The lowest BCUT2D eigenvalue weighted by molar-refractivity contribution is -0.384. The molecule has 1 heterocycles. The van der Waals surface area contributed by atoms with Crippen LogP contribution < -0.4 is 10.6 Å². The number of thiocarbonyl (C=S) groups is 1. The third kappa shape index (κ3) is 6.17. The first-order valence-electron chi connectivity index (χ1n) is 9.48. The highest BCUT2D eigenvalue weighted by molar-refractivity contribution is 7.89. The van der Waals surface area contributed by atoms with E-state index in [9.17, 15) is 23.3 Å². The molecule has 0 atom stereocenters. The van der Waals surface area contributed by atoms with Crippen molar-refractivity contribution in [1.82, 2.24) is 9.62 Å². The lowest BCUT2D eigenvalue weighted by Gasteiger charge is -2.26. The van der Waals surface area contributed by atoms with Crippen molar-refractivity contribution in [2.24, 2.45) is 0 Å². The van der Waals surface area contributed by atoms with Gasteiger partial charge in [-0.3, -0.25) is 20.2 Å². The Morgan fingerprint density at radius 2 is 1.72 bits per heavy atom. The van der Waals surface area contributed by atoms with E-state index in [1.807, 2.05) is 0 Å². The molecule has 32 heavy (non-hydrogen) atoms. The molecule has 1 aliphatic rings. The molecule has 1 aliphatic heterocycles. The molecule has 1 saturated heterocycles. The number of carbonyl (C=O) groups is 1. The summed E-state index contributed by atoms with van der Waals surface area (Å²) < 4.78 is 31.8. The smallest absolute Gasteiger partial charge is 0.269 e. The van der Waals surface area contributed by atoms with Crippen molar-refractivity contribution in [3.63, 3.8) is 0 Å². The third-order valence-corrected chi connectivity index (χ3v) is 6.60. The number of amides is 1. The SMILES string of the molecule is O=C(/C=C/c1ccc([N+](=O)[O-])cc1)NC(=S)Nc1ccc(S(=O)(=O)N2CCOCC2)cc1. The zero-order valence-electron chi connectivity index (χ0n) is 16.8. The van der Waals surface area contributed by atoms with Gasteiger partial charge in [-0.15, -0.1) is 0 Å². The summed E-state index contributed by atoms with van der Waals surface area (Å²) >= 11 is 5.11. The average molecular weight is 477 g/mol. The summed E-state index contributed by atoms with van der Waals surface area (Å²) in [5.74, 6) is -0.493. The number of sulfonamides is 1. The van der Waals surface area contributed by atoms with Crippen LogP contribution in [0.2, 0.25) is 0 Å². The van der Waals surface area contributed by atoms with E-state index in [2.05, 4.69) is 10.6 Å². The Labute approximate surface area is 190 Å². The van der Waals surface area contributed by atoms with Crippen molar-refractivity contribution in [3.05, 3.63) is 70.3 Å². The molecule has 2 aromatic rings. The van der Waals surface area contributed by atoms with Crippen molar-refractivity contribution in [1.29, 1.82) is 0 Å². The van der Waals surface area contributed by atoms with Gasteiger partial charge in [0.15, 0.2) is 5.11 Å². The van der Waals surface area contributed by atoms with Gasteiger partial charge in [0.25, 0.3) is 5.69 Å². The number of hydrogen-bond acceptors (Lipinski definition) is 7. The second-order valence-electron chi connectivity index (χ2n) is 6.67. The van der Waals surface area contributed by atoms with Crippen LogP contribution >= 0.6 is 12.2 Å². The second-order valence-corrected chi connectivity index (χ2v) is 9.01. The average Bonchev–Trinajstić information content (AvgIpc) is 2.79. The van der Waals surface area contributed by atoms with Crippen LogP contribution in [0.15, 0.2) is 59.5 Å². The second kappa shape index (κ2) is 10.4. The van der Waals surface area contributed by atoms with E-state index in [0.29, 0.717) is 37.6 Å². The van der Waals surface area contributed by atoms with Crippen molar-refractivity contribution in [2.45, 2.75) is 4.90 Å². The molecule has 168 valence electrons. The maximum atomic E-state index is 12.6. The van der Waals surface area contributed by atoms with Gasteiger partial charge in [0.05, 0.1) is 23.0 Å². The Balaban J connectivity index is 1.54. The summed E-state index contributed by atoms with van der Waals surface area (Å²) in [5, 5.41) is 16.0. The van der Waals surface area contributed by atoms with E-state index in [0.717, 1.165) is 0 Å². The van der Waals surface area contributed by atoms with Crippen LogP contribution in [0.3, 0.4) is 0 Å². The molecule has 0 aromatic heterocycles. The fraction of sp³-hybridized carbons (Fsp3) is 0.200. The number of hydrogen-bond donors (Lipinski definition) is 2. The van der Waals surface area contributed by atoms with Crippen LogP contribution in [-0.2, 0) is 19.6 Å². The molecule has 0 radical (unpaired) electrons. The van der Waals surface area contributed by atoms with Crippen molar-refractivity contribution in [3.8, 4) is 0 Å². The highest BCUT2D eigenvalue weighted by Gasteiger charge is 2.26. The van der Waals surface area contributed by atoms with Crippen molar-refractivity contribution < 1.29 is 22.9 Å². The van der Waals surface area contributed by atoms with Crippen LogP contribution in [0.4, 0.5) is 11.4 Å². The Morgan fingerprint density at radius 3 is 2.31 bits per heavy atom. The number of rotatable bonds is 6. The fourth-order valence-electron chi connectivity index (χ4n) is 2.84. The number of morpholine rings is 1. The molecule has 1 fully saturated rings. The van der Waals surface area contributed by atoms with E-state index in [1.54, 1.807) is 12.1 Å². The zero-order valence-corrected chi connectivity index (χ0v) is 18.4. The number of anilines is 1. The minimum absolute atomic E-state index is 0.0344. The maximum absolute atomic E-state index is 12.6. The van der Waals surface area contributed by atoms with Gasteiger partial charge in [-0.1, -0.05) is 0 Å². The van der Waals surface area contributed by atoms with E-state index in [1.165, 1.54) is 52.9 Å². The monoisotopic (exact) mass is 476 g/mol. The van der Waals surface area contributed by atoms with Gasteiger partial charge >= 0.3 is 0 Å². The highest BCUT2D eigenvalue weighted by atomic mass is 32.2. The molecular formula is C20H20N4O6S2. The van der Waals surface area contributed by atoms with Gasteiger partial charge in [-0.25, -0.2) is 8.42 Å². The summed E-state index contributed by atoms with van der Waals surface area (Å²) in [7, 11) is -3.59. The molecule has 12 heteroatoms. The van der Waals surface area contributed by atoms with Gasteiger partial charge in [0.2, 0.25) is 15.9 Å². The summed E-state index contributed by atoms with van der Waals surface area (Å²) in [6.45, 7) is 1.36. The Kier molecular flexibility index (Phi) is 7.64. The van der Waals surface area contributed by atoms with Crippen molar-refractivity contribution >= 4 is 50.7 Å². The van der Waals surface area contributed by atoms with Gasteiger partial charge in [-0.05, 0) is 60.3 Å². The number of carbonyl (C=O) groups excluding carboxylic acids is 1. The minimum Gasteiger partial charge on any atom is -0.379 e. The lowest BCUT2D eigenvalue weighted by Crippen LogP contribution is -2.40. The number of nitrogens with zero attached hydrogens (tertiary/aromatic N) is 2. The topological polar surface area (TPSA) is 131 Å². The van der Waals surface area contributed by atoms with Crippen LogP contribution in [0.25, 0.3) is 6.08 Å². The predicted molar refractivity (Wildman–Crippen MR) is 123 cm³/mol. The summed E-state index contributed by atoms with van der Waals surface area (Å²) in [5.41, 5.74) is 1.08. The normalized spacial score (nSPS) is 14.8. The van der Waals surface area contributed by atoms with Gasteiger partial charge in [0.1, 0.15) is 0 Å². The molecule has 3 rings (SSSR count). The predicted octanol–water partition coefficient (Wildman–Crippen LogP) is 2.14. The summed E-state index contributed by atoms with van der Waals surface area (Å²) in [6.07, 6.45) is 2.74. The lowest BCUT2D eigenvalue weighted by atomic mass is 10.2. The fourth-order valence-corrected chi connectivity index (χ4v) is 4.47. The largest absolute Gasteiger partial charge is 0.379 e. The van der Waals surface area contributed by atoms with E-state index < -0.39 is 20.9 Å². The summed E-state index contributed by atoms with van der Waals surface area (Å²) in [6, 6.07) is 11.8.